The van der Waals surface area contributed by atoms with E-state index < -0.39 is 29.4 Å². The van der Waals surface area contributed by atoms with Crippen molar-refractivity contribution in [3.63, 3.8) is 0 Å². The standard InChI is InChI=1S/C72H72N4O/c1-47(69(2,3)4)61-44-67(73-45-62(61)49-33-35-51(36-34-49)70(5,6)7)76-63-30-18-17-27-59(63)60-38-37-56(43-66(60)76)77-55-26-21-25-54(42-55)74-46-75(65-32-20-19-31-64(65)74)68-57(48-23-15-14-16-24-48)28-22-29-58(68)50-39-52(71(8,9)10)41-53(40-50)72(11,12)13/h14-45,47H,1-13H3/i14D,15D,16D,23D,24D,47D. The molecule has 5 nitrogen and oxygen atoms in total. The Labute approximate surface area is 464 Å². The maximum Gasteiger partial charge on any atom is 0.269 e. The van der Waals surface area contributed by atoms with Gasteiger partial charge >= 0.3 is 0 Å². The second kappa shape index (κ2) is 19.2. The summed E-state index contributed by atoms with van der Waals surface area (Å²) < 4.78 is 67.7. The van der Waals surface area contributed by atoms with Gasteiger partial charge in [0, 0.05) is 30.0 Å². The first-order valence-corrected chi connectivity index (χ1v) is 26.8. The molecule has 0 N–H and O–H groups in total. The van der Waals surface area contributed by atoms with Crippen molar-refractivity contribution >= 4 is 32.8 Å². The fourth-order valence-electron chi connectivity index (χ4n) is 10.4. The third kappa shape index (κ3) is 9.78. The highest BCUT2D eigenvalue weighted by molar-refractivity contribution is 6.09. The number of hydrogen-bond acceptors (Lipinski definition) is 2. The number of benzene rings is 8. The molecule has 3 aromatic heterocycles. The van der Waals surface area contributed by atoms with Crippen molar-refractivity contribution in [3.8, 4) is 62.1 Å². The van der Waals surface area contributed by atoms with Gasteiger partial charge in [-0.25, -0.2) is 4.98 Å². The Morgan fingerprint density at radius 3 is 1.82 bits per heavy atom. The third-order valence-electron chi connectivity index (χ3n) is 15.2. The Hall–Kier alpha value is -8.02. The summed E-state index contributed by atoms with van der Waals surface area (Å²) in [6.07, 6.45) is 5.66. The lowest BCUT2D eigenvalue weighted by Gasteiger charge is -2.30. The summed E-state index contributed by atoms with van der Waals surface area (Å²) in [5, 5.41) is 2.11. The first-order chi connectivity index (χ1) is 39.0. The Balaban J connectivity index is 1.05. The van der Waals surface area contributed by atoms with Crippen LogP contribution < -0.4 is 9.30 Å². The van der Waals surface area contributed by atoms with Crippen LogP contribution in [0.15, 0.2) is 194 Å². The van der Waals surface area contributed by atoms with Crippen LogP contribution in [0.1, 0.15) is 126 Å². The van der Waals surface area contributed by atoms with Gasteiger partial charge in [-0.2, -0.15) is 0 Å². The van der Waals surface area contributed by atoms with E-state index in [0.29, 0.717) is 28.6 Å². The van der Waals surface area contributed by atoms with Gasteiger partial charge in [0.1, 0.15) is 17.3 Å². The van der Waals surface area contributed by atoms with Crippen LogP contribution in [0.5, 0.6) is 11.5 Å². The van der Waals surface area contributed by atoms with E-state index >= 15 is 0 Å². The molecule has 1 atom stereocenters. The van der Waals surface area contributed by atoms with Crippen molar-refractivity contribution < 1.29 is 17.5 Å². The zero-order chi connectivity index (χ0) is 59.5. The van der Waals surface area contributed by atoms with Crippen molar-refractivity contribution in [2.24, 2.45) is 5.41 Å². The van der Waals surface area contributed by atoms with Crippen LogP contribution in [-0.4, -0.2) is 14.1 Å². The van der Waals surface area contributed by atoms with Gasteiger partial charge < -0.3 is 4.74 Å². The van der Waals surface area contributed by atoms with Gasteiger partial charge in [-0.3, -0.25) is 13.7 Å². The molecule has 0 saturated carbocycles. The molecule has 0 amide bonds. The molecule has 0 saturated heterocycles. The number of fused-ring (bicyclic) bond motifs is 4. The summed E-state index contributed by atoms with van der Waals surface area (Å²) in [6.45, 7) is 28.3. The molecule has 0 fully saturated rings. The van der Waals surface area contributed by atoms with E-state index in [-0.39, 0.29) is 33.9 Å². The van der Waals surface area contributed by atoms with Crippen LogP contribution in [-0.2, 0) is 16.2 Å². The second-order valence-corrected chi connectivity index (χ2v) is 24.7. The minimum Gasteiger partial charge on any atom is -0.458 e. The van der Waals surface area contributed by atoms with E-state index in [9.17, 15) is 4.11 Å². The van der Waals surface area contributed by atoms with E-state index in [1.54, 1.807) is 0 Å². The molecule has 0 aliphatic rings. The number of ether oxygens (including phenoxy) is 1. The van der Waals surface area contributed by atoms with Gasteiger partial charge in [-0.1, -0.05) is 229 Å². The largest absolute Gasteiger partial charge is 0.458 e. The van der Waals surface area contributed by atoms with E-state index in [1.165, 1.54) is 5.56 Å². The van der Waals surface area contributed by atoms with Gasteiger partial charge in [-0.15, -0.1) is 0 Å². The van der Waals surface area contributed by atoms with Gasteiger partial charge in [0.2, 0.25) is 0 Å². The number of pyridine rings is 1. The molecule has 8 aromatic carbocycles. The van der Waals surface area contributed by atoms with E-state index in [2.05, 4.69) is 179 Å². The number of hydrogen-bond donors (Lipinski definition) is 0. The number of aromatic nitrogens is 4. The van der Waals surface area contributed by atoms with Crippen LogP contribution in [0.4, 0.5) is 0 Å². The van der Waals surface area contributed by atoms with E-state index in [1.807, 2.05) is 95.1 Å². The average molecular weight is 1020 g/mol. The van der Waals surface area contributed by atoms with E-state index in [4.69, 9.17) is 13.8 Å². The van der Waals surface area contributed by atoms with Gasteiger partial charge in [0.15, 0.2) is 0 Å². The van der Waals surface area contributed by atoms with Crippen molar-refractivity contribution in [2.75, 3.05) is 0 Å². The highest BCUT2D eigenvalue weighted by Gasteiger charge is 2.28. The molecule has 0 bridgehead atoms. The molecule has 11 rings (SSSR count). The van der Waals surface area contributed by atoms with Crippen LogP contribution in [0.3, 0.4) is 0 Å². The summed E-state index contributed by atoms with van der Waals surface area (Å²) >= 11 is 0. The maximum absolute atomic E-state index is 10.0. The summed E-state index contributed by atoms with van der Waals surface area (Å²) in [5.41, 5.74) is 12.8. The molecule has 11 aromatic rings. The quantitative estimate of drug-likeness (QED) is 0.107. The van der Waals surface area contributed by atoms with Crippen LogP contribution in [0, 0.1) is 11.7 Å². The Morgan fingerprint density at radius 2 is 1.14 bits per heavy atom. The predicted octanol–water partition coefficient (Wildman–Crippen LogP) is 19.0. The highest BCUT2D eigenvalue weighted by Crippen LogP contribution is 2.43. The number of rotatable bonds is 9. The zero-order valence-electron chi connectivity index (χ0n) is 52.8. The molecule has 0 aliphatic heterocycles. The fraction of sp³-hybridized carbons (Fsp3) is 0.250. The lowest BCUT2D eigenvalue weighted by molar-refractivity contribution is -0.571. The van der Waals surface area contributed by atoms with Crippen LogP contribution in [0.25, 0.3) is 83.4 Å². The summed E-state index contributed by atoms with van der Waals surface area (Å²) in [5.74, 6) is 0.926. The predicted molar refractivity (Wildman–Crippen MR) is 323 cm³/mol. The normalized spacial score (nSPS) is 14.5. The zero-order valence-corrected chi connectivity index (χ0v) is 46.8. The van der Waals surface area contributed by atoms with Crippen molar-refractivity contribution in [2.45, 2.75) is 112 Å². The molecule has 0 spiro atoms. The summed E-state index contributed by atoms with van der Waals surface area (Å²) in [7, 11) is 0. The maximum atomic E-state index is 10.0. The van der Waals surface area contributed by atoms with Crippen molar-refractivity contribution in [3.05, 3.63) is 223 Å². The molecule has 1 unspecified atom stereocenters. The highest BCUT2D eigenvalue weighted by atomic mass is 16.5. The second-order valence-electron chi connectivity index (χ2n) is 24.7. The topological polar surface area (TPSA) is 35.9 Å². The first-order valence-electron chi connectivity index (χ1n) is 29.8. The van der Waals surface area contributed by atoms with Gasteiger partial charge in [-0.05, 0) is 120 Å². The SMILES string of the molecule is [2H]c1c([2H])c([2H])c(-c2cccc(-c3cc(C(C)(C)C)cc(C(C)(C)C)c3)c2-[n+]2[c-]n(-c3cccc(Oc4ccc5c6ccccc6n(-c6cc(C([2H])(C)C(C)(C)C)c(-c7ccc(C(C)(C)C)cc7)cn6)c5c4)c3)c3ccccc32)c([2H])c1[2H]. The number of para-hydroxylation sites is 4. The summed E-state index contributed by atoms with van der Waals surface area (Å²) in [6, 6.07) is 51.9. The molecule has 0 aliphatic carbocycles. The molecule has 386 valence electrons. The van der Waals surface area contributed by atoms with Gasteiger partial charge in [0.25, 0.3) is 6.33 Å². The van der Waals surface area contributed by atoms with Crippen LogP contribution >= 0.6 is 0 Å². The Morgan fingerprint density at radius 1 is 0.532 bits per heavy atom. The minimum absolute atomic E-state index is 0.00113. The molecule has 0 radical (unpaired) electrons. The molecular weight excluding hydrogens is 937 g/mol. The monoisotopic (exact) mass is 1010 g/mol. The Bertz CT molecular complexity index is 4310. The van der Waals surface area contributed by atoms with Crippen LogP contribution in [0.2, 0.25) is 0 Å². The molecule has 5 heteroatoms. The van der Waals surface area contributed by atoms with Crippen molar-refractivity contribution in [1.82, 2.24) is 14.1 Å². The molecule has 3 heterocycles. The lowest BCUT2D eigenvalue weighted by Crippen LogP contribution is -2.31. The van der Waals surface area contributed by atoms with Gasteiger partial charge in [0.05, 0.1) is 40.3 Å². The number of imidazole rings is 1. The third-order valence-corrected chi connectivity index (χ3v) is 15.2. The smallest absolute Gasteiger partial charge is 0.269 e. The van der Waals surface area contributed by atoms with E-state index in [0.717, 1.165) is 77.5 Å². The molecule has 77 heavy (non-hydrogen) atoms. The first kappa shape index (κ1) is 44.1. The Kier molecular flexibility index (Phi) is 11.0. The lowest BCUT2D eigenvalue weighted by atomic mass is 9.75. The summed E-state index contributed by atoms with van der Waals surface area (Å²) in [4.78, 5) is 5.21. The molecular formula is C72H72N4O. The number of nitrogens with zero attached hydrogens (tertiary/aromatic N) is 4. The average Bonchev–Trinajstić information content (AvgIpc) is 3.87. The minimum atomic E-state index is -0.993. The van der Waals surface area contributed by atoms with Crippen molar-refractivity contribution in [1.29, 1.82) is 0 Å². The fourth-order valence-corrected chi connectivity index (χ4v) is 10.4.